The highest BCUT2D eigenvalue weighted by atomic mass is 79.9. The zero-order chi connectivity index (χ0) is 20.1. The van der Waals surface area contributed by atoms with Gasteiger partial charge in [0.2, 0.25) is 5.91 Å². The van der Waals surface area contributed by atoms with E-state index in [0.29, 0.717) is 18.7 Å². The number of thioether (sulfide) groups is 1. The number of carbonyl (C=O) groups is 1. The van der Waals surface area contributed by atoms with Gasteiger partial charge in [-0.1, -0.05) is 27.3 Å². The molecule has 4 nitrogen and oxygen atoms in total. The molecule has 0 radical (unpaired) electrons. The molecule has 1 aromatic heterocycles. The van der Waals surface area contributed by atoms with Crippen LogP contribution < -0.4 is 4.90 Å². The number of anilines is 1. The van der Waals surface area contributed by atoms with E-state index in [1.54, 1.807) is 28.8 Å². The summed E-state index contributed by atoms with van der Waals surface area (Å²) in [6.07, 6.45) is 0.398. The van der Waals surface area contributed by atoms with Gasteiger partial charge < -0.3 is 4.90 Å². The topological polar surface area (TPSA) is 36.4 Å². The number of likely N-dealkylation sites (N-methyl/N-ethyl adjacent to an activating group) is 1. The fourth-order valence-corrected chi connectivity index (χ4v) is 4.95. The Balaban J connectivity index is 0.00000300. The van der Waals surface area contributed by atoms with Gasteiger partial charge in [0.05, 0.1) is 10.2 Å². The van der Waals surface area contributed by atoms with Gasteiger partial charge in [0.25, 0.3) is 0 Å². The van der Waals surface area contributed by atoms with E-state index in [1.807, 2.05) is 32.3 Å². The first-order chi connectivity index (χ1) is 13.4. The Kier molecular flexibility index (Phi) is 9.36. The lowest BCUT2D eigenvalue weighted by molar-refractivity contribution is -0.118. The summed E-state index contributed by atoms with van der Waals surface area (Å²) in [5, 5.41) is 0.728. The van der Waals surface area contributed by atoms with Gasteiger partial charge in [-0.2, -0.15) is 0 Å². The van der Waals surface area contributed by atoms with Crippen LogP contribution in [0.4, 0.5) is 9.52 Å². The molecule has 1 amide bonds. The second-order valence-corrected chi connectivity index (χ2v) is 9.60. The van der Waals surface area contributed by atoms with Crippen LogP contribution in [0.15, 0.2) is 51.8 Å². The Labute approximate surface area is 193 Å². The van der Waals surface area contributed by atoms with Crippen molar-refractivity contribution in [2.24, 2.45) is 0 Å². The maximum absolute atomic E-state index is 13.0. The number of amides is 1. The normalized spacial score (nSPS) is 10.9. The van der Waals surface area contributed by atoms with Crippen molar-refractivity contribution in [3.8, 4) is 0 Å². The van der Waals surface area contributed by atoms with E-state index in [1.165, 1.54) is 23.5 Å². The average molecular weight is 519 g/mol. The number of thiazole rings is 1. The number of nitrogens with zero attached hydrogens (tertiary/aromatic N) is 3. The fourth-order valence-electron chi connectivity index (χ4n) is 2.55. The molecule has 0 bridgehead atoms. The van der Waals surface area contributed by atoms with Crippen molar-refractivity contribution in [3.05, 3.63) is 52.8 Å². The molecule has 0 fully saturated rings. The van der Waals surface area contributed by atoms with E-state index in [-0.39, 0.29) is 24.1 Å². The number of hydrogen-bond donors (Lipinski definition) is 0. The number of aromatic nitrogens is 1. The van der Waals surface area contributed by atoms with Crippen LogP contribution in [0, 0.1) is 5.82 Å². The quantitative estimate of drug-likeness (QED) is 0.359. The van der Waals surface area contributed by atoms with Crippen LogP contribution in [0.5, 0.6) is 0 Å². The largest absolute Gasteiger partial charge is 0.308 e. The maximum Gasteiger partial charge on any atom is 0.229 e. The molecule has 3 aromatic rings. The fraction of sp³-hybridized carbons (Fsp3) is 0.300. The predicted octanol–water partition coefficient (Wildman–Crippen LogP) is 5.70. The summed E-state index contributed by atoms with van der Waals surface area (Å²) in [6.45, 7) is 1.35. The van der Waals surface area contributed by atoms with Gasteiger partial charge in [0, 0.05) is 34.6 Å². The molecule has 9 heteroatoms. The van der Waals surface area contributed by atoms with Crippen LogP contribution in [0.1, 0.15) is 6.42 Å². The third-order valence-electron chi connectivity index (χ3n) is 4.04. The van der Waals surface area contributed by atoms with Crippen molar-refractivity contribution in [1.29, 1.82) is 0 Å². The monoisotopic (exact) mass is 517 g/mol. The Morgan fingerprint density at radius 2 is 1.90 bits per heavy atom. The average Bonchev–Trinajstić information content (AvgIpc) is 3.06. The molecule has 0 spiro atoms. The van der Waals surface area contributed by atoms with E-state index in [9.17, 15) is 9.18 Å². The molecular formula is C20H22BrClFN3OS2. The van der Waals surface area contributed by atoms with Crippen molar-refractivity contribution in [2.45, 2.75) is 11.3 Å². The summed E-state index contributed by atoms with van der Waals surface area (Å²) < 4.78 is 15.1. The van der Waals surface area contributed by atoms with Gasteiger partial charge in [-0.25, -0.2) is 9.37 Å². The molecule has 0 saturated carbocycles. The van der Waals surface area contributed by atoms with E-state index >= 15 is 0 Å². The zero-order valence-electron chi connectivity index (χ0n) is 16.1. The minimum absolute atomic E-state index is 0. The number of rotatable bonds is 8. The lowest BCUT2D eigenvalue weighted by Crippen LogP contribution is -2.36. The van der Waals surface area contributed by atoms with E-state index < -0.39 is 0 Å². The Bertz CT molecular complexity index is 953. The molecule has 0 N–H and O–H groups in total. The second-order valence-electron chi connectivity index (χ2n) is 6.51. The minimum atomic E-state index is -0.252. The number of carbonyl (C=O) groups excluding carboxylic acids is 1. The van der Waals surface area contributed by atoms with Gasteiger partial charge in [0.15, 0.2) is 5.13 Å². The SMILES string of the molecule is CN(C)CCN(C(=O)CCSc1ccc(F)cc1)c1nc2ccc(Br)cc2s1.Cl. The van der Waals surface area contributed by atoms with Crippen LogP contribution in [-0.2, 0) is 4.79 Å². The van der Waals surface area contributed by atoms with Crippen LogP contribution in [0.25, 0.3) is 10.2 Å². The highest BCUT2D eigenvalue weighted by Gasteiger charge is 2.19. The van der Waals surface area contributed by atoms with Crippen LogP contribution in [0.2, 0.25) is 0 Å². The minimum Gasteiger partial charge on any atom is -0.308 e. The Morgan fingerprint density at radius 3 is 2.59 bits per heavy atom. The summed E-state index contributed by atoms with van der Waals surface area (Å²) in [4.78, 5) is 22.4. The first-order valence-electron chi connectivity index (χ1n) is 8.82. The molecule has 0 aliphatic heterocycles. The van der Waals surface area contributed by atoms with Gasteiger partial charge in [0.1, 0.15) is 5.82 Å². The van der Waals surface area contributed by atoms with Crippen LogP contribution in [-0.4, -0.2) is 48.7 Å². The molecular weight excluding hydrogens is 497 g/mol. The Morgan fingerprint density at radius 1 is 1.17 bits per heavy atom. The second kappa shape index (κ2) is 11.3. The molecule has 0 aliphatic carbocycles. The van der Waals surface area contributed by atoms with Crippen molar-refractivity contribution in [3.63, 3.8) is 0 Å². The molecule has 2 aromatic carbocycles. The molecule has 1 heterocycles. The number of hydrogen-bond acceptors (Lipinski definition) is 5. The van der Waals surface area contributed by atoms with Gasteiger partial charge in [-0.05, 0) is 56.6 Å². The van der Waals surface area contributed by atoms with Gasteiger partial charge >= 0.3 is 0 Å². The van der Waals surface area contributed by atoms with E-state index in [4.69, 9.17) is 0 Å². The summed E-state index contributed by atoms with van der Waals surface area (Å²) >= 11 is 6.57. The highest BCUT2D eigenvalue weighted by Crippen LogP contribution is 2.31. The zero-order valence-corrected chi connectivity index (χ0v) is 20.1. The standard InChI is InChI=1S/C20H21BrFN3OS2.ClH/c1-24(2)10-11-25(20-23-17-8-3-14(21)13-18(17)28-20)19(26)9-12-27-16-6-4-15(22)5-7-16;/h3-8,13H,9-12H2,1-2H3;1H. The van der Waals surface area contributed by atoms with Crippen LogP contribution >= 0.6 is 51.4 Å². The predicted molar refractivity (Wildman–Crippen MR) is 127 cm³/mol. The molecule has 156 valence electrons. The van der Waals surface area contributed by atoms with E-state index in [2.05, 4.69) is 25.8 Å². The summed E-state index contributed by atoms with van der Waals surface area (Å²) in [5.74, 6) is 0.437. The summed E-state index contributed by atoms with van der Waals surface area (Å²) in [6, 6.07) is 12.3. The van der Waals surface area contributed by atoms with Crippen molar-refractivity contribution >= 4 is 72.7 Å². The molecule has 3 rings (SSSR count). The van der Waals surface area contributed by atoms with Crippen LogP contribution in [0.3, 0.4) is 0 Å². The maximum atomic E-state index is 13.0. The van der Waals surface area contributed by atoms with Crippen molar-refractivity contribution in [1.82, 2.24) is 9.88 Å². The number of benzene rings is 2. The molecule has 0 saturated heterocycles. The lowest BCUT2D eigenvalue weighted by atomic mass is 10.3. The molecule has 29 heavy (non-hydrogen) atoms. The highest BCUT2D eigenvalue weighted by molar-refractivity contribution is 9.10. The van der Waals surface area contributed by atoms with Gasteiger partial charge in [-0.3, -0.25) is 9.69 Å². The number of fused-ring (bicyclic) bond motifs is 1. The summed E-state index contributed by atoms with van der Waals surface area (Å²) in [7, 11) is 3.98. The third-order valence-corrected chi connectivity index (χ3v) is 6.59. The molecule has 0 unspecified atom stereocenters. The van der Waals surface area contributed by atoms with Crippen molar-refractivity contribution < 1.29 is 9.18 Å². The third kappa shape index (κ3) is 6.93. The first kappa shape index (κ1) is 24.1. The van der Waals surface area contributed by atoms with E-state index in [0.717, 1.165) is 31.3 Å². The number of halogens is 3. The first-order valence-corrected chi connectivity index (χ1v) is 11.4. The lowest BCUT2D eigenvalue weighted by Gasteiger charge is -2.22. The molecule has 0 aliphatic rings. The Hall–Kier alpha value is -1.19. The summed E-state index contributed by atoms with van der Waals surface area (Å²) in [5.41, 5.74) is 0.895. The smallest absolute Gasteiger partial charge is 0.229 e. The van der Waals surface area contributed by atoms with Gasteiger partial charge in [-0.15, -0.1) is 24.2 Å². The van der Waals surface area contributed by atoms with Crippen molar-refractivity contribution in [2.75, 3.05) is 37.8 Å². The molecule has 0 atom stereocenters.